The summed E-state index contributed by atoms with van der Waals surface area (Å²) in [6.07, 6.45) is 1.62. The fourth-order valence-corrected chi connectivity index (χ4v) is 2.79. The third-order valence-electron chi connectivity index (χ3n) is 3.88. The minimum atomic E-state index is 0.0682. The van der Waals surface area contributed by atoms with Crippen LogP contribution in [0.5, 0.6) is 11.5 Å². The molecule has 0 saturated carbocycles. The fourth-order valence-electron chi connectivity index (χ4n) is 2.62. The average Bonchev–Trinajstić information content (AvgIpc) is 2.62. The van der Waals surface area contributed by atoms with Gasteiger partial charge in [0.2, 0.25) is 0 Å². The van der Waals surface area contributed by atoms with Gasteiger partial charge in [0.25, 0.3) is 0 Å². The summed E-state index contributed by atoms with van der Waals surface area (Å²) in [4.78, 5) is 6.76. The molecule has 0 atom stereocenters. The zero-order valence-electron chi connectivity index (χ0n) is 13.4. The second kappa shape index (κ2) is 7.55. The third kappa shape index (κ3) is 3.63. The Morgan fingerprint density at radius 2 is 2.04 bits per heavy atom. The van der Waals surface area contributed by atoms with Crippen LogP contribution in [-0.2, 0) is 4.74 Å². The standard InChI is InChI=1S/C18H19ClN2O3/c1-23-17-4-2-3-13(18(17)22)12-20-15-11-14(19)5-6-16(15)21-7-9-24-10-8-21/h2-6,11-12,22H,7-10H2,1H3. The van der Waals surface area contributed by atoms with Gasteiger partial charge in [-0.1, -0.05) is 17.7 Å². The van der Waals surface area contributed by atoms with Crippen LogP contribution in [0.4, 0.5) is 11.4 Å². The molecule has 2 aromatic carbocycles. The minimum Gasteiger partial charge on any atom is -0.504 e. The molecule has 24 heavy (non-hydrogen) atoms. The Kier molecular flexibility index (Phi) is 5.23. The summed E-state index contributed by atoms with van der Waals surface area (Å²) in [7, 11) is 1.52. The molecule has 0 amide bonds. The van der Waals surface area contributed by atoms with E-state index in [1.165, 1.54) is 7.11 Å². The second-order valence-electron chi connectivity index (χ2n) is 5.39. The molecule has 1 heterocycles. The van der Waals surface area contributed by atoms with Crippen molar-refractivity contribution >= 4 is 29.2 Å². The zero-order chi connectivity index (χ0) is 16.9. The number of nitrogens with zero attached hydrogens (tertiary/aromatic N) is 2. The lowest BCUT2D eigenvalue weighted by Crippen LogP contribution is -2.36. The summed E-state index contributed by atoms with van der Waals surface area (Å²) in [5, 5.41) is 10.8. The maximum atomic E-state index is 10.2. The quantitative estimate of drug-likeness (QED) is 0.859. The number of hydrogen-bond acceptors (Lipinski definition) is 5. The van der Waals surface area contributed by atoms with Crippen LogP contribution >= 0.6 is 11.6 Å². The number of ether oxygens (including phenoxy) is 2. The third-order valence-corrected chi connectivity index (χ3v) is 4.12. The van der Waals surface area contributed by atoms with Crippen LogP contribution in [0, 0.1) is 0 Å². The van der Waals surface area contributed by atoms with Crippen LogP contribution in [-0.4, -0.2) is 44.7 Å². The SMILES string of the molecule is COc1cccc(C=Nc2cc(Cl)ccc2N2CCOCC2)c1O. The number of anilines is 1. The van der Waals surface area contributed by atoms with E-state index in [-0.39, 0.29) is 5.75 Å². The lowest BCUT2D eigenvalue weighted by Gasteiger charge is -2.29. The van der Waals surface area contributed by atoms with Crippen LogP contribution < -0.4 is 9.64 Å². The maximum absolute atomic E-state index is 10.2. The van der Waals surface area contributed by atoms with Gasteiger partial charge in [-0.2, -0.15) is 0 Å². The van der Waals surface area contributed by atoms with Crippen LogP contribution in [0.3, 0.4) is 0 Å². The van der Waals surface area contributed by atoms with Gasteiger partial charge >= 0.3 is 0 Å². The van der Waals surface area contributed by atoms with Gasteiger partial charge in [-0.25, -0.2) is 0 Å². The number of hydrogen-bond donors (Lipinski definition) is 1. The molecule has 1 N–H and O–H groups in total. The zero-order valence-corrected chi connectivity index (χ0v) is 14.2. The average molecular weight is 347 g/mol. The van der Waals surface area contributed by atoms with Crippen LogP contribution in [0.1, 0.15) is 5.56 Å². The predicted octanol–water partition coefficient (Wildman–Crippen LogP) is 3.64. The molecule has 1 aliphatic heterocycles. The van der Waals surface area contributed by atoms with E-state index in [0.29, 0.717) is 29.5 Å². The van der Waals surface area contributed by atoms with Gasteiger partial charge in [0.05, 0.1) is 31.7 Å². The highest BCUT2D eigenvalue weighted by atomic mass is 35.5. The van der Waals surface area contributed by atoms with Crippen molar-refractivity contribution in [2.24, 2.45) is 4.99 Å². The van der Waals surface area contributed by atoms with Crippen molar-refractivity contribution in [3.8, 4) is 11.5 Å². The van der Waals surface area contributed by atoms with Crippen molar-refractivity contribution in [1.82, 2.24) is 0 Å². The smallest absolute Gasteiger partial charge is 0.166 e. The first-order valence-electron chi connectivity index (χ1n) is 7.71. The lowest BCUT2D eigenvalue weighted by atomic mass is 10.2. The van der Waals surface area contributed by atoms with Crippen molar-refractivity contribution in [3.63, 3.8) is 0 Å². The van der Waals surface area contributed by atoms with Gasteiger partial charge in [0.15, 0.2) is 11.5 Å². The molecule has 1 aliphatic rings. The van der Waals surface area contributed by atoms with Gasteiger partial charge in [0, 0.05) is 29.9 Å². The molecule has 0 bridgehead atoms. The van der Waals surface area contributed by atoms with E-state index in [9.17, 15) is 5.11 Å². The summed E-state index contributed by atoms with van der Waals surface area (Å²) in [6.45, 7) is 3.02. The maximum Gasteiger partial charge on any atom is 0.166 e. The number of aliphatic imine (C=N–C) groups is 1. The molecular formula is C18H19ClN2O3. The van der Waals surface area contributed by atoms with E-state index in [1.54, 1.807) is 24.4 Å². The van der Waals surface area contributed by atoms with Crippen molar-refractivity contribution in [2.75, 3.05) is 38.3 Å². The molecule has 1 fully saturated rings. The highest BCUT2D eigenvalue weighted by Crippen LogP contribution is 2.33. The molecule has 0 aromatic heterocycles. The number of methoxy groups -OCH3 is 1. The van der Waals surface area contributed by atoms with Crippen LogP contribution in [0.2, 0.25) is 5.02 Å². The van der Waals surface area contributed by atoms with Gasteiger partial charge in [0.1, 0.15) is 0 Å². The Bertz CT molecular complexity index is 743. The molecule has 6 heteroatoms. The Morgan fingerprint density at radius 1 is 1.25 bits per heavy atom. The summed E-state index contributed by atoms with van der Waals surface area (Å²) in [6, 6.07) is 10.9. The van der Waals surface area contributed by atoms with E-state index < -0.39 is 0 Å². The molecule has 126 valence electrons. The van der Waals surface area contributed by atoms with Gasteiger partial charge < -0.3 is 19.5 Å². The first kappa shape index (κ1) is 16.6. The number of rotatable bonds is 4. The molecule has 5 nitrogen and oxygen atoms in total. The Balaban J connectivity index is 1.93. The lowest BCUT2D eigenvalue weighted by molar-refractivity contribution is 0.123. The number of morpholine rings is 1. The monoisotopic (exact) mass is 346 g/mol. The molecule has 0 aliphatic carbocycles. The van der Waals surface area contributed by atoms with Gasteiger partial charge in [-0.15, -0.1) is 0 Å². The van der Waals surface area contributed by atoms with Crippen molar-refractivity contribution in [3.05, 3.63) is 47.0 Å². The normalized spacial score (nSPS) is 15.0. The van der Waals surface area contributed by atoms with Gasteiger partial charge in [-0.05, 0) is 30.3 Å². The molecular weight excluding hydrogens is 328 g/mol. The first-order valence-corrected chi connectivity index (χ1v) is 8.09. The number of phenolic OH excluding ortho intramolecular Hbond substituents is 1. The van der Waals surface area contributed by atoms with E-state index in [2.05, 4.69) is 9.89 Å². The second-order valence-corrected chi connectivity index (χ2v) is 5.83. The first-order chi connectivity index (χ1) is 11.7. The topological polar surface area (TPSA) is 54.3 Å². The van der Waals surface area contributed by atoms with E-state index in [1.807, 2.05) is 18.2 Å². The number of benzene rings is 2. The molecule has 3 rings (SSSR count). The Morgan fingerprint density at radius 3 is 2.79 bits per heavy atom. The highest BCUT2D eigenvalue weighted by Gasteiger charge is 2.15. The Labute approximate surface area is 146 Å². The summed E-state index contributed by atoms with van der Waals surface area (Å²) < 4.78 is 10.5. The molecule has 0 spiro atoms. The van der Waals surface area contributed by atoms with E-state index >= 15 is 0 Å². The molecule has 0 radical (unpaired) electrons. The predicted molar refractivity (Wildman–Crippen MR) is 96.4 cm³/mol. The Hall–Kier alpha value is -2.24. The largest absolute Gasteiger partial charge is 0.504 e. The van der Waals surface area contributed by atoms with Crippen molar-refractivity contribution in [1.29, 1.82) is 0 Å². The number of halogens is 1. The van der Waals surface area contributed by atoms with Crippen molar-refractivity contribution in [2.45, 2.75) is 0 Å². The summed E-state index contributed by atoms with van der Waals surface area (Å²) in [5.41, 5.74) is 2.34. The van der Waals surface area contributed by atoms with Crippen LogP contribution in [0.25, 0.3) is 0 Å². The number of aromatic hydroxyl groups is 1. The summed E-state index contributed by atoms with van der Waals surface area (Å²) in [5.74, 6) is 0.483. The molecule has 0 unspecified atom stereocenters. The number of phenols is 1. The van der Waals surface area contributed by atoms with E-state index in [4.69, 9.17) is 21.1 Å². The summed E-state index contributed by atoms with van der Waals surface area (Å²) >= 11 is 6.13. The molecule has 2 aromatic rings. The van der Waals surface area contributed by atoms with Crippen molar-refractivity contribution < 1.29 is 14.6 Å². The van der Waals surface area contributed by atoms with Gasteiger partial charge in [-0.3, -0.25) is 4.99 Å². The minimum absolute atomic E-state index is 0.0682. The van der Waals surface area contributed by atoms with E-state index in [0.717, 1.165) is 24.5 Å². The fraction of sp³-hybridized carbons (Fsp3) is 0.278. The number of para-hydroxylation sites is 1. The molecule has 1 saturated heterocycles. The van der Waals surface area contributed by atoms with Crippen LogP contribution in [0.15, 0.2) is 41.4 Å². The highest BCUT2D eigenvalue weighted by molar-refractivity contribution is 6.31.